The van der Waals surface area contributed by atoms with Crippen LogP contribution in [-0.2, 0) is 4.79 Å². The number of Topliss-reactive ketones (excluding diaryl/α,β-unsaturated/α-hetero) is 1. The zero-order chi connectivity index (χ0) is 52.7. The average Bonchev–Trinajstić information content (AvgIpc) is 3.34. The summed E-state index contributed by atoms with van der Waals surface area (Å²) in [4.78, 5) is 11.3. The Morgan fingerprint density at radius 2 is 0.933 bits per heavy atom. The topological polar surface area (TPSA) is 40.1 Å². The molecule has 10 unspecified atom stereocenters. The fraction of sp³-hybridized carbons (Fsp3) is 0.656. The van der Waals surface area contributed by atoms with Gasteiger partial charge in [-0.2, -0.15) is 6.07 Å². The molecule has 0 bridgehead atoms. The third kappa shape index (κ3) is 22.6. The molecular formula is C61H81BrF9KMgO2. The second-order valence-electron chi connectivity index (χ2n) is 23.0. The zero-order valence-corrected chi connectivity index (χ0v) is 52.0. The molecule has 75 heavy (non-hydrogen) atoms. The molecular weight excluding hydrogens is 1080 g/mol. The Morgan fingerprint density at radius 1 is 0.533 bits per heavy atom. The number of benzene rings is 3. The first-order chi connectivity index (χ1) is 34.2. The fourth-order valence-electron chi connectivity index (χ4n) is 12.9. The standard InChI is InChI=1S/C19H25F3.C19H23F3.C13H22O.C6H2F3.C4H9O.BrH.K.Mg/c2*1-2-3-12-4-5-14-9-15(7-6-13(14)8-12)16-10-17(20)19(22)18(21)11-16;1-2-3-10-4-5-12-9-13(14)7-6-11(12)8-10;7-4-2-1-3-5(8)6(4)9;1-4(2,3)5;;;/h10-15H,2-9H2,1H3;9-14H,2-8H2,1H3;10-12H,2-9H2,1H3;2-3H;1-3H3;1H;;/q;;;2*-1;;+1;+2/p-1. The van der Waals surface area contributed by atoms with Crippen molar-refractivity contribution in [2.75, 3.05) is 0 Å². The van der Waals surface area contributed by atoms with Gasteiger partial charge in [0.25, 0.3) is 0 Å². The molecule has 6 aliphatic carbocycles. The van der Waals surface area contributed by atoms with Gasteiger partial charge < -0.3 is 22.1 Å². The number of ketones is 1. The molecule has 5 fully saturated rings. The third-order valence-corrected chi connectivity index (χ3v) is 16.4. The summed E-state index contributed by atoms with van der Waals surface area (Å²) in [7, 11) is 0. The van der Waals surface area contributed by atoms with Crippen LogP contribution in [0.25, 0.3) is 5.57 Å². The Bertz CT molecular complexity index is 2150. The van der Waals surface area contributed by atoms with E-state index in [1.54, 1.807) is 20.8 Å². The van der Waals surface area contributed by atoms with Crippen LogP contribution in [0, 0.1) is 112 Å². The minimum atomic E-state index is -1.45. The molecule has 0 aliphatic heterocycles. The largest absolute Gasteiger partial charge is 2.00 e. The molecule has 6 aliphatic rings. The number of allylic oxidation sites excluding steroid dienone is 2. The summed E-state index contributed by atoms with van der Waals surface area (Å²) in [5, 5.41) is 10.1. The van der Waals surface area contributed by atoms with Crippen LogP contribution < -0.4 is 73.5 Å². The van der Waals surface area contributed by atoms with E-state index in [4.69, 9.17) is 0 Å². The van der Waals surface area contributed by atoms with Crippen molar-refractivity contribution in [3.63, 3.8) is 0 Å². The Kier molecular flexibility index (Phi) is 32.4. The number of carbonyl (C=O) groups excluding carboxylic acids is 1. The molecule has 0 amide bonds. The average molecular weight is 1160 g/mol. The van der Waals surface area contributed by atoms with Crippen molar-refractivity contribution in [3.05, 3.63) is 112 Å². The zero-order valence-electron chi connectivity index (χ0n) is 45.9. The molecule has 410 valence electrons. The Balaban J connectivity index is 0.000000341. The molecule has 5 saturated carbocycles. The van der Waals surface area contributed by atoms with E-state index in [1.807, 2.05) is 0 Å². The summed E-state index contributed by atoms with van der Waals surface area (Å²) in [5.74, 6) is -3.09. The molecule has 3 aromatic rings. The smallest absolute Gasteiger partial charge is 1.00 e. The van der Waals surface area contributed by atoms with E-state index in [-0.39, 0.29) is 97.3 Å². The van der Waals surface area contributed by atoms with Crippen LogP contribution >= 0.6 is 0 Å². The molecule has 0 saturated heterocycles. The van der Waals surface area contributed by atoms with Crippen LogP contribution in [-0.4, -0.2) is 34.4 Å². The SMILES string of the molecule is CC(C)(C)[O-].CCCC1CCC2C=C(c3cc(F)c(F)c(F)c3)CCC2C1.CCCC1CCC2CC(=O)CCC2C1.CCCC1CCC2CC(c3cc(F)c(F)c(F)c3)CCC2C1.Fc1c[c-]cc(F)c1F.[Br-].[K+].[Mg+2]. The van der Waals surface area contributed by atoms with E-state index in [9.17, 15) is 49.4 Å². The van der Waals surface area contributed by atoms with Gasteiger partial charge in [-0.15, -0.1) is 17.7 Å². The van der Waals surface area contributed by atoms with Crippen molar-refractivity contribution in [2.24, 2.45) is 53.3 Å². The first-order valence-electron chi connectivity index (χ1n) is 27.4. The van der Waals surface area contributed by atoms with Gasteiger partial charge in [0.1, 0.15) is 5.78 Å². The number of rotatable bonds is 8. The summed E-state index contributed by atoms with van der Waals surface area (Å²) in [6.45, 7) is 11.7. The van der Waals surface area contributed by atoms with Gasteiger partial charge in [0, 0.05) is 24.5 Å². The summed E-state index contributed by atoms with van der Waals surface area (Å²) in [5.41, 5.74) is 1.38. The van der Waals surface area contributed by atoms with Gasteiger partial charge in [-0.25, -0.2) is 30.7 Å². The third-order valence-electron chi connectivity index (χ3n) is 16.4. The van der Waals surface area contributed by atoms with Gasteiger partial charge in [0.15, 0.2) is 34.9 Å². The van der Waals surface area contributed by atoms with Gasteiger partial charge in [-0.05, 0) is 184 Å². The van der Waals surface area contributed by atoms with Crippen molar-refractivity contribution in [3.8, 4) is 0 Å². The van der Waals surface area contributed by atoms with Crippen molar-refractivity contribution in [1.29, 1.82) is 0 Å². The van der Waals surface area contributed by atoms with Crippen molar-refractivity contribution >= 4 is 34.4 Å². The van der Waals surface area contributed by atoms with Crippen molar-refractivity contribution in [2.45, 2.75) is 201 Å². The molecule has 0 N–H and O–H groups in total. The molecule has 14 heteroatoms. The van der Waals surface area contributed by atoms with Crippen molar-refractivity contribution in [1.82, 2.24) is 0 Å². The number of hydrogen-bond donors (Lipinski definition) is 0. The second-order valence-corrected chi connectivity index (χ2v) is 23.0. The number of halogens is 10. The molecule has 0 spiro atoms. The predicted molar refractivity (Wildman–Crippen MR) is 274 cm³/mol. The van der Waals surface area contributed by atoms with Gasteiger partial charge in [0.05, 0.1) is 5.82 Å². The second kappa shape index (κ2) is 34.5. The van der Waals surface area contributed by atoms with Gasteiger partial charge in [0.2, 0.25) is 0 Å². The number of fused-ring (bicyclic) bond motifs is 3. The van der Waals surface area contributed by atoms with Crippen LogP contribution in [0.3, 0.4) is 0 Å². The minimum Gasteiger partial charge on any atom is -1.00 e. The monoisotopic (exact) mass is 1160 g/mol. The summed E-state index contributed by atoms with van der Waals surface area (Å²) >= 11 is 0. The maximum Gasteiger partial charge on any atom is 2.00 e. The molecule has 10 atom stereocenters. The van der Waals surface area contributed by atoms with Gasteiger partial charge in [-0.3, -0.25) is 13.6 Å². The fourth-order valence-corrected chi connectivity index (χ4v) is 12.9. The minimum absolute atomic E-state index is 0. The van der Waals surface area contributed by atoms with E-state index < -0.39 is 58.0 Å². The predicted octanol–water partition coefficient (Wildman–Crippen LogP) is 11.6. The first kappa shape index (κ1) is 70.4. The van der Waals surface area contributed by atoms with Crippen molar-refractivity contribution < 1.29 is 118 Å². The molecule has 9 rings (SSSR count). The first-order valence-corrected chi connectivity index (χ1v) is 27.4. The van der Waals surface area contributed by atoms with Gasteiger partial charge >= 0.3 is 74.4 Å². The van der Waals surface area contributed by atoms with Crippen LogP contribution in [0.5, 0.6) is 0 Å². The van der Waals surface area contributed by atoms with Crippen LogP contribution in [0.2, 0.25) is 0 Å². The normalized spacial score (nSPS) is 26.7. The van der Waals surface area contributed by atoms with Crippen LogP contribution in [0.4, 0.5) is 39.5 Å². The maximum absolute atomic E-state index is 13.4. The summed E-state index contributed by atoms with van der Waals surface area (Å²) < 4.78 is 116. The van der Waals surface area contributed by atoms with E-state index in [1.165, 1.54) is 115 Å². The van der Waals surface area contributed by atoms with Crippen LogP contribution in [0.15, 0.2) is 42.5 Å². The molecule has 0 radical (unpaired) electrons. The molecule has 0 aromatic heterocycles. The maximum atomic E-state index is 13.4. The Morgan fingerprint density at radius 3 is 1.43 bits per heavy atom. The quantitative estimate of drug-likeness (QED) is 0.0976. The van der Waals surface area contributed by atoms with E-state index in [0.29, 0.717) is 34.7 Å². The summed E-state index contributed by atoms with van der Waals surface area (Å²) in [6.07, 6.45) is 29.9. The van der Waals surface area contributed by atoms with E-state index in [0.717, 1.165) is 110 Å². The Hall–Kier alpha value is -0.717. The number of carbonyl (C=O) groups is 1. The van der Waals surface area contributed by atoms with Crippen LogP contribution in [0.1, 0.15) is 206 Å². The van der Waals surface area contributed by atoms with E-state index in [2.05, 4.69) is 32.9 Å². The molecule has 3 aromatic carbocycles. The molecule has 0 heterocycles. The number of hydrogen-bond acceptors (Lipinski definition) is 2. The Labute approximate surface area is 513 Å². The van der Waals surface area contributed by atoms with Gasteiger partial charge in [-0.1, -0.05) is 99.0 Å². The van der Waals surface area contributed by atoms with E-state index >= 15 is 0 Å². The summed E-state index contributed by atoms with van der Waals surface area (Å²) in [6, 6.07) is 8.21. The molecule has 2 nitrogen and oxygen atoms in total.